The van der Waals surface area contributed by atoms with E-state index in [0.717, 1.165) is 27.5 Å². The van der Waals surface area contributed by atoms with Gasteiger partial charge in [0.15, 0.2) is 6.61 Å². The number of ether oxygens (including phenoxy) is 1. The van der Waals surface area contributed by atoms with Crippen LogP contribution in [-0.2, 0) is 7.05 Å². The molecule has 0 fully saturated rings. The Morgan fingerprint density at radius 3 is 2.61 bits per heavy atom. The van der Waals surface area contributed by atoms with Crippen molar-refractivity contribution in [2.75, 3.05) is 6.61 Å². The Hall–Kier alpha value is -3.34. The molecule has 0 N–H and O–H groups in total. The Kier molecular flexibility index (Phi) is 4.30. The van der Waals surface area contributed by atoms with Gasteiger partial charge in [0, 0.05) is 46.2 Å². The fourth-order valence-corrected chi connectivity index (χ4v) is 3.74. The number of aryl methyl sites for hydroxylation is 3. The van der Waals surface area contributed by atoms with Crippen molar-refractivity contribution in [2.45, 2.75) is 20.8 Å². The molecule has 0 amide bonds. The lowest BCUT2D eigenvalue weighted by Gasteiger charge is -2.11. The van der Waals surface area contributed by atoms with Crippen molar-refractivity contribution in [1.29, 1.82) is 0 Å². The minimum atomic E-state index is -0.396. The zero-order valence-electron chi connectivity index (χ0n) is 16.3. The van der Waals surface area contributed by atoms with Crippen LogP contribution < -0.4 is 10.4 Å². The predicted molar refractivity (Wildman–Crippen MR) is 109 cm³/mol. The molecule has 4 rings (SSSR count). The predicted octanol–water partition coefficient (Wildman–Crippen LogP) is 4.47. The molecule has 0 unspecified atom stereocenters. The lowest BCUT2D eigenvalue weighted by Crippen LogP contribution is -2.13. The quantitative estimate of drug-likeness (QED) is 0.390. The number of hydrogen-bond donors (Lipinski definition) is 0. The summed E-state index contributed by atoms with van der Waals surface area (Å²) in [6, 6.07) is 13.0. The van der Waals surface area contributed by atoms with Crippen molar-refractivity contribution in [3.63, 3.8) is 0 Å². The average molecular weight is 375 g/mol. The van der Waals surface area contributed by atoms with Crippen LogP contribution in [0.2, 0.25) is 0 Å². The molecule has 5 heteroatoms. The average Bonchev–Trinajstić information content (AvgIpc) is 2.92. The molecule has 4 aromatic rings. The van der Waals surface area contributed by atoms with Crippen molar-refractivity contribution < 1.29 is 13.9 Å². The Labute approximate surface area is 162 Å². The third kappa shape index (κ3) is 2.80. The first kappa shape index (κ1) is 18.0. The minimum Gasteiger partial charge on any atom is -0.485 e. The SMILES string of the molecule is Cc1cc(=O)oc2c(C)c(OCC(=O)c3c(C)n(C)c4ccccc34)ccc12. The number of Topliss-reactive ketones (excluding diaryl/α,β-unsaturated/α-hetero) is 1. The summed E-state index contributed by atoms with van der Waals surface area (Å²) in [5, 5.41) is 1.79. The van der Waals surface area contributed by atoms with E-state index in [1.54, 1.807) is 0 Å². The smallest absolute Gasteiger partial charge is 0.336 e. The Bertz CT molecular complexity index is 1290. The van der Waals surface area contributed by atoms with Gasteiger partial charge in [0.2, 0.25) is 5.78 Å². The highest BCUT2D eigenvalue weighted by atomic mass is 16.5. The van der Waals surface area contributed by atoms with Crippen molar-refractivity contribution in [2.24, 2.45) is 7.05 Å². The lowest BCUT2D eigenvalue weighted by atomic mass is 10.1. The first-order chi connectivity index (χ1) is 13.4. The molecule has 2 aromatic heterocycles. The number of para-hydroxylation sites is 1. The van der Waals surface area contributed by atoms with Crippen LogP contribution in [-0.4, -0.2) is 17.0 Å². The fraction of sp³-hybridized carbons (Fsp3) is 0.217. The van der Waals surface area contributed by atoms with Crippen LogP contribution in [0.25, 0.3) is 21.9 Å². The molecule has 28 heavy (non-hydrogen) atoms. The van der Waals surface area contributed by atoms with E-state index >= 15 is 0 Å². The van der Waals surface area contributed by atoms with Gasteiger partial charge in [-0.3, -0.25) is 4.79 Å². The third-order valence-corrected chi connectivity index (χ3v) is 5.36. The van der Waals surface area contributed by atoms with Crippen molar-refractivity contribution in [3.05, 3.63) is 75.3 Å². The summed E-state index contributed by atoms with van der Waals surface area (Å²) in [5.74, 6) is 0.451. The second-order valence-corrected chi connectivity index (χ2v) is 7.06. The summed E-state index contributed by atoms with van der Waals surface area (Å²) in [6.45, 7) is 5.54. The number of nitrogens with zero attached hydrogens (tertiary/aromatic N) is 1. The number of fused-ring (bicyclic) bond motifs is 2. The first-order valence-corrected chi connectivity index (χ1v) is 9.12. The van der Waals surface area contributed by atoms with E-state index in [1.165, 1.54) is 6.07 Å². The lowest BCUT2D eigenvalue weighted by molar-refractivity contribution is 0.0922. The van der Waals surface area contributed by atoms with Gasteiger partial charge in [-0.15, -0.1) is 0 Å². The van der Waals surface area contributed by atoms with Gasteiger partial charge in [-0.2, -0.15) is 0 Å². The van der Waals surface area contributed by atoms with Crippen molar-refractivity contribution in [3.8, 4) is 5.75 Å². The molecular weight excluding hydrogens is 354 g/mol. The zero-order chi connectivity index (χ0) is 20.0. The highest BCUT2D eigenvalue weighted by Crippen LogP contribution is 2.29. The molecule has 0 atom stereocenters. The Morgan fingerprint density at radius 2 is 1.82 bits per heavy atom. The summed E-state index contributed by atoms with van der Waals surface area (Å²) >= 11 is 0. The number of ketones is 1. The van der Waals surface area contributed by atoms with Crippen LogP contribution in [0.3, 0.4) is 0 Å². The van der Waals surface area contributed by atoms with Gasteiger partial charge >= 0.3 is 5.63 Å². The molecule has 0 radical (unpaired) electrons. The van der Waals surface area contributed by atoms with Crippen LogP contribution in [0.15, 0.2) is 51.7 Å². The monoisotopic (exact) mass is 375 g/mol. The topological polar surface area (TPSA) is 61.4 Å². The van der Waals surface area contributed by atoms with Gasteiger partial charge in [-0.25, -0.2) is 4.79 Å². The van der Waals surface area contributed by atoms with Crippen LogP contribution in [0.1, 0.15) is 27.2 Å². The number of rotatable bonds is 4. The first-order valence-electron chi connectivity index (χ1n) is 9.12. The highest BCUT2D eigenvalue weighted by Gasteiger charge is 2.19. The number of carbonyl (C=O) groups excluding carboxylic acids is 1. The van der Waals surface area contributed by atoms with Crippen LogP contribution in [0, 0.1) is 20.8 Å². The molecule has 2 heterocycles. The van der Waals surface area contributed by atoms with Gasteiger partial charge in [0.25, 0.3) is 0 Å². The maximum atomic E-state index is 12.9. The molecule has 0 spiro atoms. The number of hydrogen-bond acceptors (Lipinski definition) is 4. The summed E-state index contributed by atoms with van der Waals surface area (Å²) < 4.78 is 13.2. The molecule has 0 aliphatic heterocycles. The van der Waals surface area contributed by atoms with Gasteiger partial charge < -0.3 is 13.7 Å². The largest absolute Gasteiger partial charge is 0.485 e. The van der Waals surface area contributed by atoms with E-state index in [1.807, 2.05) is 68.8 Å². The van der Waals surface area contributed by atoms with E-state index in [9.17, 15) is 9.59 Å². The van der Waals surface area contributed by atoms with E-state index in [4.69, 9.17) is 9.15 Å². The molecule has 0 bridgehead atoms. The molecule has 0 saturated heterocycles. The van der Waals surface area contributed by atoms with Gasteiger partial charge in [0.1, 0.15) is 11.3 Å². The summed E-state index contributed by atoms with van der Waals surface area (Å²) in [6.07, 6.45) is 0. The number of benzene rings is 2. The highest BCUT2D eigenvalue weighted by molar-refractivity contribution is 6.10. The molecule has 0 aliphatic rings. The normalized spacial score (nSPS) is 11.3. The second kappa shape index (κ2) is 6.68. The van der Waals surface area contributed by atoms with Crippen LogP contribution in [0.5, 0.6) is 5.75 Å². The maximum absolute atomic E-state index is 12.9. The van der Waals surface area contributed by atoms with Crippen molar-refractivity contribution >= 4 is 27.7 Å². The van der Waals surface area contributed by atoms with Crippen LogP contribution >= 0.6 is 0 Å². The summed E-state index contributed by atoms with van der Waals surface area (Å²) in [4.78, 5) is 24.7. The minimum absolute atomic E-state index is 0.0838. The van der Waals surface area contributed by atoms with Crippen LogP contribution in [0.4, 0.5) is 0 Å². The van der Waals surface area contributed by atoms with E-state index in [0.29, 0.717) is 22.5 Å². The Morgan fingerprint density at radius 1 is 1.07 bits per heavy atom. The molecule has 142 valence electrons. The third-order valence-electron chi connectivity index (χ3n) is 5.36. The molecule has 5 nitrogen and oxygen atoms in total. The number of carbonyl (C=O) groups is 1. The zero-order valence-corrected chi connectivity index (χ0v) is 16.3. The molecular formula is C23H21NO4. The number of aromatic nitrogens is 1. The van der Waals surface area contributed by atoms with E-state index < -0.39 is 5.63 Å². The van der Waals surface area contributed by atoms with Gasteiger partial charge in [-0.1, -0.05) is 18.2 Å². The molecule has 2 aromatic carbocycles. The van der Waals surface area contributed by atoms with Gasteiger partial charge in [0.05, 0.1) is 0 Å². The van der Waals surface area contributed by atoms with Crippen molar-refractivity contribution in [1.82, 2.24) is 4.57 Å². The van der Waals surface area contributed by atoms with Gasteiger partial charge in [-0.05, 0) is 44.5 Å². The fourth-order valence-electron chi connectivity index (χ4n) is 3.74. The maximum Gasteiger partial charge on any atom is 0.336 e. The molecule has 0 saturated carbocycles. The summed E-state index contributed by atoms with van der Waals surface area (Å²) in [7, 11) is 1.95. The van der Waals surface area contributed by atoms with E-state index in [2.05, 4.69) is 0 Å². The second-order valence-electron chi connectivity index (χ2n) is 7.06. The summed E-state index contributed by atoms with van der Waals surface area (Å²) in [5.41, 5.74) is 4.26. The van der Waals surface area contributed by atoms with E-state index in [-0.39, 0.29) is 12.4 Å². The molecule has 0 aliphatic carbocycles. The standard InChI is InChI=1S/C23H21NO4/c1-13-11-21(26)28-23-14(2)20(10-9-16(13)23)27-12-19(25)22-15(3)24(4)18-8-6-5-7-17(18)22/h5-11H,12H2,1-4H3. The Balaban J connectivity index is 1.67.